The molecule has 0 aliphatic rings. The van der Waals surface area contributed by atoms with Crippen LogP contribution in [0.4, 0.5) is 11.4 Å². The number of carbonyl (C=O) groups excluding carboxylic acids is 1. The normalized spacial score (nSPS) is 10.8. The van der Waals surface area contributed by atoms with E-state index in [-0.39, 0.29) is 16.4 Å². The largest absolute Gasteiger partial charge is 0.311 e. The van der Waals surface area contributed by atoms with Crippen LogP contribution < -0.4 is 9.21 Å². The van der Waals surface area contributed by atoms with E-state index in [0.717, 1.165) is 0 Å². The van der Waals surface area contributed by atoms with Crippen molar-refractivity contribution in [3.8, 4) is 6.07 Å². The molecule has 146 valence electrons. The molecule has 0 aromatic heterocycles. The van der Waals surface area contributed by atoms with Crippen molar-refractivity contribution in [1.82, 2.24) is 0 Å². The average molecular weight is 405 g/mol. The lowest BCUT2D eigenvalue weighted by Crippen LogP contribution is -2.28. The molecule has 0 aliphatic carbocycles. The molecule has 0 heterocycles. The number of hydrogen-bond acceptors (Lipinski definition) is 4. The molecule has 0 saturated heterocycles. The molecule has 0 radical (unpaired) electrons. The van der Waals surface area contributed by atoms with Gasteiger partial charge in [-0.1, -0.05) is 30.3 Å². The van der Waals surface area contributed by atoms with Crippen LogP contribution in [0, 0.1) is 11.3 Å². The Hall–Kier alpha value is -3.63. The van der Waals surface area contributed by atoms with E-state index in [9.17, 15) is 13.2 Å². The summed E-state index contributed by atoms with van der Waals surface area (Å²) in [6.07, 6.45) is 0. The number of sulfonamides is 1. The van der Waals surface area contributed by atoms with E-state index in [4.69, 9.17) is 5.26 Å². The van der Waals surface area contributed by atoms with Gasteiger partial charge in [-0.2, -0.15) is 5.26 Å². The summed E-state index contributed by atoms with van der Waals surface area (Å²) < 4.78 is 27.2. The topological polar surface area (TPSA) is 81.5 Å². The molecular weight excluding hydrogens is 386 g/mol. The predicted octanol–water partition coefficient (Wildman–Crippen LogP) is 3.66. The fraction of sp³-hybridized carbons (Fsp3) is 0.0909. The number of amides is 1. The molecule has 0 fully saturated rings. The first-order valence-electron chi connectivity index (χ1n) is 8.77. The van der Waals surface area contributed by atoms with Gasteiger partial charge in [-0.05, 0) is 48.5 Å². The zero-order valence-corrected chi connectivity index (χ0v) is 16.8. The van der Waals surface area contributed by atoms with Gasteiger partial charge in [-0.15, -0.1) is 0 Å². The molecule has 0 unspecified atom stereocenters. The van der Waals surface area contributed by atoms with E-state index in [1.54, 1.807) is 73.8 Å². The highest BCUT2D eigenvalue weighted by atomic mass is 32.2. The fourth-order valence-corrected chi connectivity index (χ4v) is 4.06. The smallest absolute Gasteiger partial charge is 0.264 e. The minimum atomic E-state index is -3.83. The zero-order chi connectivity index (χ0) is 21.0. The molecule has 0 spiro atoms. The molecule has 0 bridgehead atoms. The molecule has 7 heteroatoms. The SMILES string of the molecule is CN(C(=O)c1cccc(S(=O)(=O)N(C)c2ccccc2)c1)c1cccc(C#N)c1. The maximum absolute atomic E-state index is 13.0. The third-order valence-corrected chi connectivity index (χ3v) is 6.31. The Morgan fingerprint density at radius 3 is 2.21 bits per heavy atom. The molecule has 3 rings (SSSR count). The van der Waals surface area contributed by atoms with Gasteiger partial charge in [0.15, 0.2) is 0 Å². The number of carbonyl (C=O) groups is 1. The Morgan fingerprint density at radius 1 is 0.862 bits per heavy atom. The monoisotopic (exact) mass is 405 g/mol. The predicted molar refractivity (Wildman–Crippen MR) is 112 cm³/mol. The molecule has 3 aromatic rings. The second-order valence-corrected chi connectivity index (χ2v) is 8.33. The lowest BCUT2D eigenvalue weighted by molar-refractivity contribution is 0.0993. The van der Waals surface area contributed by atoms with E-state index in [1.807, 2.05) is 6.07 Å². The fourth-order valence-electron chi connectivity index (χ4n) is 2.82. The number of anilines is 2. The van der Waals surface area contributed by atoms with Gasteiger partial charge in [0.1, 0.15) is 0 Å². The summed E-state index contributed by atoms with van der Waals surface area (Å²) in [4.78, 5) is 14.3. The Bertz CT molecular complexity index is 1190. The summed E-state index contributed by atoms with van der Waals surface area (Å²) in [7, 11) is -0.779. The second-order valence-electron chi connectivity index (χ2n) is 6.36. The molecule has 1 amide bonds. The van der Waals surface area contributed by atoms with Gasteiger partial charge in [-0.25, -0.2) is 8.42 Å². The van der Waals surface area contributed by atoms with Crippen molar-refractivity contribution in [2.45, 2.75) is 4.90 Å². The molecule has 3 aromatic carbocycles. The highest BCUT2D eigenvalue weighted by molar-refractivity contribution is 7.92. The Kier molecular flexibility index (Phi) is 5.66. The van der Waals surface area contributed by atoms with E-state index in [0.29, 0.717) is 16.9 Å². The Labute approximate surface area is 170 Å². The lowest BCUT2D eigenvalue weighted by Gasteiger charge is -2.21. The Morgan fingerprint density at radius 2 is 1.52 bits per heavy atom. The number of rotatable bonds is 5. The van der Waals surface area contributed by atoms with Crippen LogP contribution in [0.2, 0.25) is 0 Å². The standard InChI is InChI=1S/C22H19N3O3S/c1-24(20-12-6-8-17(14-20)16-23)22(26)18-9-7-13-21(15-18)29(27,28)25(2)19-10-4-3-5-11-19/h3-15H,1-2H3. The van der Waals surface area contributed by atoms with E-state index < -0.39 is 10.0 Å². The van der Waals surface area contributed by atoms with Gasteiger partial charge in [0.25, 0.3) is 15.9 Å². The number of benzene rings is 3. The maximum Gasteiger partial charge on any atom is 0.264 e. The molecule has 0 atom stereocenters. The van der Waals surface area contributed by atoms with Crippen molar-refractivity contribution < 1.29 is 13.2 Å². The quantitative estimate of drug-likeness (QED) is 0.649. The van der Waals surface area contributed by atoms with Gasteiger partial charge >= 0.3 is 0 Å². The summed E-state index contributed by atoms with van der Waals surface area (Å²) in [6.45, 7) is 0. The van der Waals surface area contributed by atoms with Crippen LogP contribution in [-0.2, 0) is 10.0 Å². The number of nitrogens with zero attached hydrogens (tertiary/aromatic N) is 3. The highest BCUT2D eigenvalue weighted by Gasteiger charge is 2.23. The zero-order valence-electron chi connectivity index (χ0n) is 16.0. The highest BCUT2D eigenvalue weighted by Crippen LogP contribution is 2.23. The van der Waals surface area contributed by atoms with Crippen LogP contribution in [0.5, 0.6) is 0 Å². The number of hydrogen-bond donors (Lipinski definition) is 0. The van der Waals surface area contributed by atoms with Crippen molar-refractivity contribution in [1.29, 1.82) is 5.26 Å². The molecule has 0 saturated carbocycles. The van der Waals surface area contributed by atoms with Crippen LogP contribution in [0.1, 0.15) is 15.9 Å². The van der Waals surface area contributed by atoms with Crippen molar-refractivity contribution in [2.75, 3.05) is 23.3 Å². The first kappa shape index (κ1) is 20.1. The van der Waals surface area contributed by atoms with Crippen molar-refractivity contribution in [3.05, 3.63) is 90.0 Å². The van der Waals surface area contributed by atoms with Gasteiger partial charge in [-0.3, -0.25) is 9.10 Å². The minimum Gasteiger partial charge on any atom is -0.311 e. The molecule has 6 nitrogen and oxygen atoms in total. The van der Waals surface area contributed by atoms with Crippen LogP contribution >= 0.6 is 0 Å². The summed E-state index contributed by atoms with van der Waals surface area (Å²) >= 11 is 0. The molecular formula is C22H19N3O3S. The first-order valence-corrected chi connectivity index (χ1v) is 10.2. The van der Waals surface area contributed by atoms with Crippen LogP contribution in [0.15, 0.2) is 83.8 Å². The van der Waals surface area contributed by atoms with Gasteiger partial charge in [0.2, 0.25) is 0 Å². The van der Waals surface area contributed by atoms with Gasteiger partial charge in [0.05, 0.1) is 22.2 Å². The average Bonchev–Trinajstić information content (AvgIpc) is 2.78. The van der Waals surface area contributed by atoms with E-state index in [2.05, 4.69) is 0 Å². The third-order valence-electron chi connectivity index (χ3n) is 4.53. The number of para-hydroxylation sites is 1. The summed E-state index contributed by atoms with van der Waals surface area (Å²) in [6, 6.07) is 23.3. The van der Waals surface area contributed by atoms with E-state index >= 15 is 0 Å². The summed E-state index contributed by atoms with van der Waals surface area (Å²) in [5.41, 5.74) is 1.73. The van der Waals surface area contributed by atoms with Crippen molar-refractivity contribution in [3.63, 3.8) is 0 Å². The van der Waals surface area contributed by atoms with Gasteiger partial charge in [0, 0.05) is 25.3 Å². The first-order chi connectivity index (χ1) is 13.8. The number of nitriles is 1. The van der Waals surface area contributed by atoms with Crippen LogP contribution in [0.3, 0.4) is 0 Å². The van der Waals surface area contributed by atoms with Crippen molar-refractivity contribution in [2.24, 2.45) is 0 Å². The third kappa shape index (κ3) is 4.13. The molecule has 0 aliphatic heterocycles. The van der Waals surface area contributed by atoms with E-state index in [1.165, 1.54) is 28.4 Å². The lowest BCUT2D eigenvalue weighted by atomic mass is 10.1. The van der Waals surface area contributed by atoms with Crippen LogP contribution in [-0.4, -0.2) is 28.4 Å². The van der Waals surface area contributed by atoms with Crippen molar-refractivity contribution >= 4 is 27.3 Å². The van der Waals surface area contributed by atoms with Gasteiger partial charge < -0.3 is 4.90 Å². The maximum atomic E-state index is 13.0. The minimum absolute atomic E-state index is 0.0221. The second kappa shape index (κ2) is 8.17. The summed E-state index contributed by atoms with van der Waals surface area (Å²) in [5, 5.41) is 9.05. The Balaban J connectivity index is 1.92. The molecule has 29 heavy (non-hydrogen) atoms. The molecule has 0 N–H and O–H groups in total. The summed E-state index contributed by atoms with van der Waals surface area (Å²) in [5.74, 6) is -0.375. The van der Waals surface area contributed by atoms with Crippen LogP contribution in [0.25, 0.3) is 0 Å².